The first-order valence-corrected chi connectivity index (χ1v) is 8.36. The number of nitrogens with zero attached hydrogens (tertiary/aromatic N) is 5. The van der Waals surface area contributed by atoms with Gasteiger partial charge in [-0.05, 0) is 13.0 Å². The minimum atomic E-state index is -0.177. The molecule has 1 saturated heterocycles. The molecule has 1 amide bonds. The van der Waals surface area contributed by atoms with Gasteiger partial charge in [0, 0.05) is 44.5 Å². The Hall–Kier alpha value is -2.28. The summed E-state index contributed by atoms with van der Waals surface area (Å²) in [5.41, 5.74) is 0.836. The number of ether oxygens (including phenoxy) is 1. The van der Waals surface area contributed by atoms with Crippen molar-refractivity contribution >= 4 is 5.91 Å². The number of hydrogen-bond donors (Lipinski definition) is 0. The number of hydrogen-bond acceptors (Lipinski definition) is 5. The zero-order valence-corrected chi connectivity index (χ0v) is 14.2. The van der Waals surface area contributed by atoms with Gasteiger partial charge in [-0.2, -0.15) is 0 Å². The maximum atomic E-state index is 12.5. The third kappa shape index (κ3) is 3.79. The van der Waals surface area contributed by atoms with Gasteiger partial charge in [-0.25, -0.2) is 15.0 Å². The summed E-state index contributed by atoms with van der Waals surface area (Å²) in [4.78, 5) is 27.2. The minimum absolute atomic E-state index is 0.143. The van der Waals surface area contributed by atoms with E-state index in [1.165, 1.54) is 0 Å². The molecule has 2 aromatic heterocycles. The Labute approximate surface area is 141 Å². The highest BCUT2D eigenvalue weighted by Crippen LogP contribution is 2.21. The molecule has 0 saturated carbocycles. The Bertz CT molecular complexity index is 700. The lowest BCUT2D eigenvalue weighted by atomic mass is 10.2. The molecule has 7 heteroatoms. The predicted octanol–water partition coefficient (Wildman–Crippen LogP) is 1.53. The van der Waals surface area contributed by atoms with Gasteiger partial charge in [0.25, 0.3) is 0 Å². The maximum absolute atomic E-state index is 12.5. The fourth-order valence-corrected chi connectivity index (χ4v) is 2.94. The summed E-state index contributed by atoms with van der Waals surface area (Å²) in [5, 5.41) is 0. The molecule has 24 heavy (non-hydrogen) atoms. The summed E-state index contributed by atoms with van der Waals surface area (Å²) in [7, 11) is 0. The van der Waals surface area contributed by atoms with Crippen molar-refractivity contribution in [3.05, 3.63) is 42.0 Å². The Kier molecular flexibility index (Phi) is 5.20. The van der Waals surface area contributed by atoms with E-state index in [-0.39, 0.29) is 12.0 Å². The monoisotopic (exact) mass is 329 g/mol. The number of aromatic nitrogens is 4. The Morgan fingerprint density at radius 1 is 1.38 bits per heavy atom. The van der Waals surface area contributed by atoms with Gasteiger partial charge in [0.05, 0.1) is 18.8 Å². The molecule has 0 N–H and O–H groups in total. The smallest absolute Gasteiger partial charge is 0.224 e. The number of morpholine rings is 1. The third-order valence-electron chi connectivity index (χ3n) is 4.23. The molecule has 0 spiro atoms. The SMILES string of the molecule is CCc1nccn1CCC(=O)N1CCOC(c2ccnc(C)n2)C1. The lowest BCUT2D eigenvalue weighted by Gasteiger charge is -2.32. The van der Waals surface area contributed by atoms with Crippen LogP contribution in [-0.4, -0.2) is 50.0 Å². The molecule has 128 valence electrons. The maximum Gasteiger partial charge on any atom is 0.224 e. The largest absolute Gasteiger partial charge is 0.368 e. The molecule has 1 atom stereocenters. The van der Waals surface area contributed by atoms with Crippen molar-refractivity contribution in [3.63, 3.8) is 0 Å². The van der Waals surface area contributed by atoms with Crippen LogP contribution in [0.15, 0.2) is 24.7 Å². The number of imidazole rings is 1. The average Bonchev–Trinajstić information content (AvgIpc) is 3.07. The second-order valence-corrected chi connectivity index (χ2v) is 5.87. The topological polar surface area (TPSA) is 73.1 Å². The highest BCUT2D eigenvalue weighted by molar-refractivity contribution is 5.76. The van der Waals surface area contributed by atoms with E-state index in [0.29, 0.717) is 38.5 Å². The molecule has 2 aromatic rings. The van der Waals surface area contributed by atoms with Gasteiger partial charge in [-0.1, -0.05) is 6.92 Å². The van der Waals surface area contributed by atoms with Crippen LogP contribution in [0.1, 0.15) is 36.8 Å². The van der Waals surface area contributed by atoms with E-state index in [1.807, 2.05) is 28.7 Å². The number of carbonyl (C=O) groups is 1. The van der Waals surface area contributed by atoms with Crippen molar-refractivity contribution in [2.75, 3.05) is 19.7 Å². The summed E-state index contributed by atoms with van der Waals surface area (Å²) in [6, 6.07) is 1.85. The first-order chi connectivity index (χ1) is 11.7. The number of aryl methyl sites for hydroxylation is 3. The van der Waals surface area contributed by atoms with Crippen molar-refractivity contribution in [3.8, 4) is 0 Å². The number of amides is 1. The van der Waals surface area contributed by atoms with E-state index in [1.54, 1.807) is 12.4 Å². The molecule has 0 bridgehead atoms. The molecule has 0 radical (unpaired) electrons. The standard InChI is InChI=1S/C17H23N5O2/c1-3-16-19-7-9-21(16)8-5-17(23)22-10-11-24-15(12-22)14-4-6-18-13(2)20-14/h4,6-7,9,15H,3,5,8,10-12H2,1-2H3. The van der Waals surface area contributed by atoms with Crippen LogP contribution in [-0.2, 0) is 22.5 Å². The molecule has 3 rings (SSSR count). The third-order valence-corrected chi connectivity index (χ3v) is 4.23. The molecule has 7 nitrogen and oxygen atoms in total. The van der Waals surface area contributed by atoms with Crippen LogP contribution in [0.4, 0.5) is 0 Å². The summed E-state index contributed by atoms with van der Waals surface area (Å²) < 4.78 is 7.83. The fourth-order valence-electron chi connectivity index (χ4n) is 2.94. The van der Waals surface area contributed by atoms with Crippen LogP contribution in [0.2, 0.25) is 0 Å². The van der Waals surface area contributed by atoms with Gasteiger partial charge < -0.3 is 14.2 Å². The number of rotatable bonds is 5. The summed E-state index contributed by atoms with van der Waals surface area (Å²) in [6.45, 7) is 6.29. The van der Waals surface area contributed by atoms with Crippen LogP contribution in [0.25, 0.3) is 0 Å². The van der Waals surface area contributed by atoms with E-state index < -0.39 is 0 Å². The van der Waals surface area contributed by atoms with Gasteiger partial charge in [-0.15, -0.1) is 0 Å². The zero-order valence-electron chi connectivity index (χ0n) is 14.2. The van der Waals surface area contributed by atoms with E-state index in [9.17, 15) is 4.79 Å². The van der Waals surface area contributed by atoms with Crippen molar-refractivity contribution in [1.29, 1.82) is 0 Å². The minimum Gasteiger partial charge on any atom is -0.368 e. The van der Waals surface area contributed by atoms with E-state index in [2.05, 4.69) is 21.9 Å². The van der Waals surface area contributed by atoms with Crippen LogP contribution in [0.5, 0.6) is 0 Å². The van der Waals surface area contributed by atoms with E-state index in [0.717, 1.165) is 17.9 Å². The van der Waals surface area contributed by atoms with E-state index >= 15 is 0 Å². The van der Waals surface area contributed by atoms with E-state index in [4.69, 9.17) is 4.74 Å². The van der Waals surface area contributed by atoms with Gasteiger partial charge in [-0.3, -0.25) is 4.79 Å². The quantitative estimate of drug-likeness (QED) is 0.832. The summed E-state index contributed by atoms with van der Waals surface area (Å²) in [6.07, 6.45) is 6.60. The molecule has 3 heterocycles. The van der Waals surface area contributed by atoms with Gasteiger partial charge >= 0.3 is 0 Å². The highest BCUT2D eigenvalue weighted by atomic mass is 16.5. The second-order valence-electron chi connectivity index (χ2n) is 5.87. The zero-order chi connectivity index (χ0) is 16.9. The molecular formula is C17H23N5O2. The lowest BCUT2D eigenvalue weighted by Crippen LogP contribution is -2.42. The highest BCUT2D eigenvalue weighted by Gasteiger charge is 2.26. The molecule has 0 aliphatic carbocycles. The Balaban J connectivity index is 1.59. The number of carbonyl (C=O) groups excluding carboxylic acids is 1. The predicted molar refractivity (Wildman–Crippen MR) is 88.3 cm³/mol. The van der Waals surface area contributed by atoms with Gasteiger partial charge in [0.2, 0.25) is 5.91 Å². The van der Waals surface area contributed by atoms with Crippen molar-refractivity contribution in [2.45, 2.75) is 39.3 Å². The Morgan fingerprint density at radius 2 is 2.25 bits per heavy atom. The Morgan fingerprint density at radius 3 is 3.04 bits per heavy atom. The second kappa shape index (κ2) is 7.53. The van der Waals surface area contributed by atoms with Crippen molar-refractivity contribution in [2.24, 2.45) is 0 Å². The molecule has 1 unspecified atom stereocenters. The normalized spacial score (nSPS) is 17.9. The van der Waals surface area contributed by atoms with Crippen molar-refractivity contribution < 1.29 is 9.53 Å². The summed E-state index contributed by atoms with van der Waals surface area (Å²) in [5.74, 6) is 1.87. The van der Waals surface area contributed by atoms with Crippen molar-refractivity contribution in [1.82, 2.24) is 24.4 Å². The molecular weight excluding hydrogens is 306 g/mol. The fraction of sp³-hybridized carbons (Fsp3) is 0.529. The van der Waals surface area contributed by atoms with Crippen LogP contribution in [0, 0.1) is 6.92 Å². The van der Waals surface area contributed by atoms with Gasteiger partial charge in [0.1, 0.15) is 17.8 Å². The van der Waals surface area contributed by atoms with Crippen LogP contribution < -0.4 is 0 Å². The molecule has 1 aliphatic rings. The average molecular weight is 329 g/mol. The molecule has 1 aliphatic heterocycles. The first-order valence-electron chi connectivity index (χ1n) is 8.36. The summed E-state index contributed by atoms with van der Waals surface area (Å²) >= 11 is 0. The van der Waals surface area contributed by atoms with Crippen LogP contribution in [0.3, 0.4) is 0 Å². The lowest BCUT2D eigenvalue weighted by molar-refractivity contribution is -0.139. The molecule has 0 aromatic carbocycles. The first kappa shape index (κ1) is 16.6. The van der Waals surface area contributed by atoms with Gasteiger partial charge in [0.15, 0.2) is 0 Å². The van der Waals surface area contributed by atoms with Crippen LogP contribution >= 0.6 is 0 Å². The molecule has 1 fully saturated rings.